The molecule has 7 nitrogen and oxygen atoms in total. The summed E-state index contributed by atoms with van der Waals surface area (Å²) in [6.45, 7) is 3.12. The zero-order chi connectivity index (χ0) is 17.3. The standard InChI is InChI=1S/C19H19N7/c1-11-15-7-13(8-21-19(15)23-22-11)16-9-20-17-4-5-18(24-26(16)17)25-10-12-2-3-14(25)6-12/h4-5,7-9,12,14H,2-3,6,10H2,1H3,(H,21,22,23)/t12-,14+/m1/s1. The van der Waals surface area contributed by atoms with Gasteiger partial charge in [0.15, 0.2) is 11.3 Å². The number of pyridine rings is 1. The van der Waals surface area contributed by atoms with Gasteiger partial charge in [-0.3, -0.25) is 5.10 Å². The molecule has 2 atom stereocenters. The molecule has 4 aromatic heterocycles. The van der Waals surface area contributed by atoms with Crippen molar-refractivity contribution in [3.05, 3.63) is 36.3 Å². The molecule has 0 amide bonds. The van der Waals surface area contributed by atoms with E-state index in [0.717, 1.165) is 51.9 Å². The largest absolute Gasteiger partial charge is 0.352 e. The summed E-state index contributed by atoms with van der Waals surface area (Å²) in [6, 6.07) is 6.93. The van der Waals surface area contributed by atoms with Crippen LogP contribution < -0.4 is 4.90 Å². The molecule has 0 radical (unpaired) electrons. The van der Waals surface area contributed by atoms with Crippen LogP contribution in [0.4, 0.5) is 5.82 Å². The van der Waals surface area contributed by atoms with Crippen LogP contribution in [0.1, 0.15) is 25.0 Å². The van der Waals surface area contributed by atoms with E-state index in [4.69, 9.17) is 5.10 Å². The minimum Gasteiger partial charge on any atom is -0.352 e. The number of rotatable bonds is 2. The number of hydrogen-bond donors (Lipinski definition) is 1. The summed E-state index contributed by atoms with van der Waals surface area (Å²) in [5, 5.41) is 13.2. The first-order valence-electron chi connectivity index (χ1n) is 9.19. The van der Waals surface area contributed by atoms with Crippen LogP contribution in [0.3, 0.4) is 0 Å². The summed E-state index contributed by atoms with van der Waals surface area (Å²) in [6.07, 6.45) is 7.71. The average Bonchev–Trinajstić information content (AvgIpc) is 3.44. The Morgan fingerprint density at radius 1 is 1.15 bits per heavy atom. The van der Waals surface area contributed by atoms with E-state index in [1.165, 1.54) is 19.3 Å². The third kappa shape index (κ3) is 1.94. The smallest absolute Gasteiger partial charge is 0.155 e. The first-order valence-corrected chi connectivity index (χ1v) is 9.19. The van der Waals surface area contributed by atoms with Crippen molar-refractivity contribution in [3.63, 3.8) is 0 Å². The van der Waals surface area contributed by atoms with Crippen LogP contribution in [0.5, 0.6) is 0 Å². The van der Waals surface area contributed by atoms with Crippen LogP contribution in [-0.2, 0) is 0 Å². The van der Waals surface area contributed by atoms with Gasteiger partial charge in [0.1, 0.15) is 5.82 Å². The SMILES string of the molecule is Cc1n[nH]c2ncc(-c3cnc4ccc(N5C[C@@H]6CC[C@H]5C6)nn34)cc12. The Kier molecular flexibility index (Phi) is 2.75. The van der Waals surface area contributed by atoms with Crippen molar-refractivity contribution in [1.29, 1.82) is 0 Å². The molecule has 2 bridgehead atoms. The van der Waals surface area contributed by atoms with Gasteiger partial charge in [-0.25, -0.2) is 14.5 Å². The molecule has 130 valence electrons. The van der Waals surface area contributed by atoms with Crippen LogP contribution in [0.2, 0.25) is 0 Å². The van der Waals surface area contributed by atoms with E-state index >= 15 is 0 Å². The zero-order valence-corrected chi connectivity index (χ0v) is 14.6. The molecule has 7 heteroatoms. The van der Waals surface area contributed by atoms with Gasteiger partial charge in [-0.05, 0) is 50.3 Å². The van der Waals surface area contributed by atoms with Crippen LogP contribution >= 0.6 is 0 Å². The van der Waals surface area contributed by atoms with Crippen molar-refractivity contribution in [1.82, 2.24) is 29.8 Å². The zero-order valence-electron chi connectivity index (χ0n) is 14.6. The van der Waals surface area contributed by atoms with Gasteiger partial charge in [0.25, 0.3) is 0 Å². The average molecular weight is 345 g/mol. The molecule has 2 aliphatic rings. The third-order valence-corrected chi connectivity index (χ3v) is 5.95. The molecule has 1 saturated heterocycles. The van der Waals surface area contributed by atoms with Crippen LogP contribution in [-0.4, -0.2) is 42.4 Å². The lowest BCUT2D eigenvalue weighted by Crippen LogP contribution is -2.32. The van der Waals surface area contributed by atoms with Gasteiger partial charge >= 0.3 is 0 Å². The number of aromatic amines is 1. The minimum atomic E-state index is 0.656. The van der Waals surface area contributed by atoms with Gasteiger partial charge in [0.05, 0.1) is 17.6 Å². The summed E-state index contributed by atoms with van der Waals surface area (Å²) in [4.78, 5) is 11.5. The molecule has 0 unspecified atom stereocenters. The van der Waals surface area contributed by atoms with Crippen molar-refractivity contribution >= 4 is 22.5 Å². The second-order valence-electron chi connectivity index (χ2n) is 7.52. The van der Waals surface area contributed by atoms with Gasteiger partial charge in [-0.1, -0.05) is 0 Å². The predicted octanol–water partition coefficient (Wildman–Crippen LogP) is 2.96. The predicted molar refractivity (Wildman–Crippen MR) is 99.1 cm³/mol. The first-order chi connectivity index (χ1) is 12.8. The molecule has 1 aliphatic carbocycles. The van der Waals surface area contributed by atoms with Crippen LogP contribution in [0.15, 0.2) is 30.6 Å². The fourth-order valence-electron chi connectivity index (χ4n) is 4.59. The molecular formula is C19H19N7. The summed E-state index contributed by atoms with van der Waals surface area (Å²) < 4.78 is 1.94. The molecule has 2 fully saturated rings. The first kappa shape index (κ1) is 14.2. The van der Waals surface area contributed by atoms with Crippen LogP contribution in [0.25, 0.3) is 27.9 Å². The van der Waals surface area contributed by atoms with E-state index in [2.05, 4.69) is 43.3 Å². The number of aromatic nitrogens is 6. The molecule has 4 aromatic rings. The van der Waals surface area contributed by atoms with E-state index in [1.807, 2.05) is 23.8 Å². The summed E-state index contributed by atoms with van der Waals surface area (Å²) in [5.74, 6) is 1.90. The lowest BCUT2D eigenvalue weighted by molar-refractivity contribution is 0.548. The highest BCUT2D eigenvalue weighted by Gasteiger charge is 2.38. The van der Waals surface area contributed by atoms with Crippen molar-refractivity contribution in [2.45, 2.75) is 32.2 Å². The molecule has 1 aliphatic heterocycles. The lowest BCUT2D eigenvalue weighted by Gasteiger charge is -2.27. The molecular weight excluding hydrogens is 326 g/mol. The Balaban J connectivity index is 1.48. The van der Waals surface area contributed by atoms with E-state index in [-0.39, 0.29) is 0 Å². The molecule has 0 aromatic carbocycles. The van der Waals surface area contributed by atoms with Gasteiger partial charge in [-0.2, -0.15) is 5.10 Å². The number of anilines is 1. The van der Waals surface area contributed by atoms with Gasteiger partial charge < -0.3 is 4.90 Å². The van der Waals surface area contributed by atoms with Gasteiger partial charge in [0, 0.05) is 29.7 Å². The molecule has 5 heterocycles. The summed E-state index contributed by atoms with van der Waals surface area (Å²) >= 11 is 0. The Hall–Kier alpha value is -2.96. The number of hydrogen-bond acceptors (Lipinski definition) is 5. The van der Waals surface area contributed by atoms with E-state index < -0.39 is 0 Å². The van der Waals surface area contributed by atoms with Crippen molar-refractivity contribution < 1.29 is 0 Å². The van der Waals surface area contributed by atoms with E-state index in [1.54, 1.807) is 0 Å². The summed E-state index contributed by atoms with van der Waals surface area (Å²) in [7, 11) is 0. The number of piperidine rings is 1. The topological polar surface area (TPSA) is 75.0 Å². The molecule has 0 spiro atoms. The Bertz CT molecular complexity index is 1140. The molecule has 1 N–H and O–H groups in total. The maximum atomic E-state index is 4.93. The monoisotopic (exact) mass is 345 g/mol. The fraction of sp³-hybridized carbons (Fsp3) is 0.368. The van der Waals surface area contributed by atoms with Crippen LogP contribution in [0, 0.1) is 12.8 Å². The lowest BCUT2D eigenvalue weighted by atomic mass is 10.1. The van der Waals surface area contributed by atoms with Crippen molar-refractivity contribution in [3.8, 4) is 11.3 Å². The molecule has 26 heavy (non-hydrogen) atoms. The third-order valence-electron chi connectivity index (χ3n) is 5.95. The van der Waals surface area contributed by atoms with Gasteiger partial charge in [0.2, 0.25) is 0 Å². The van der Waals surface area contributed by atoms with Gasteiger partial charge in [-0.15, -0.1) is 5.10 Å². The van der Waals surface area contributed by atoms with E-state index in [9.17, 15) is 0 Å². The molecule has 6 rings (SSSR count). The Labute approximate surface area is 150 Å². The highest BCUT2D eigenvalue weighted by molar-refractivity contribution is 5.82. The number of nitrogens with zero attached hydrogens (tertiary/aromatic N) is 6. The number of imidazole rings is 1. The quantitative estimate of drug-likeness (QED) is 0.604. The minimum absolute atomic E-state index is 0.656. The number of H-pyrrole nitrogens is 1. The Morgan fingerprint density at radius 3 is 2.96 bits per heavy atom. The van der Waals surface area contributed by atoms with Crippen molar-refractivity contribution in [2.24, 2.45) is 5.92 Å². The normalized spacial score (nSPS) is 22.1. The summed E-state index contributed by atoms with van der Waals surface area (Å²) in [5.41, 5.74) is 4.58. The highest BCUT2D eigenvalue weighted by atomic mass is 15.4. The number of aryl methyl sites for hydroxylation is 1. The van der Waals surface area contributed by atoms with E-state index in [0.29, 0.717) is 6.04 Å². The maximum absolute atomic E-state index is 4.93. The second kappa shape index (κ2) is 5.03. The number of fused-ring (bicyclic) bond motifs is 4. The van der Waals surface area contributed by atoms with Crippen molar-refractivity contribution in [2.75, 3.05) is 11.4 Å². The molecule has 1 saturated carbocycles. The number of nitrogens with one attached hydrogen (secondary N) is 1. The maximum Gasteiger partial charge on any atom is 0.155 e. The fourth-order valence-corrected chi connectivity index (χ4v) is 4.59. The second-order valence-corrected chi connectivity index (χ2v) is 7.52. The highest BCUT2D eigenvalue weighted by Crippen LogP contribution is 2.39. The Morgan fingerprint density at radius 2 is 2.12 bits per heavy atom.